The van der Waals surface area contributed by atoms with Crippen LogP contribution in [0.5, 0.6) is 0 Å². The van der Waals surface area contributed by atoms with E-state index in [1.165, 1.54) is 24.6 Å². The smallest absolute Gasteiger partial charge is 0.230 e. The summed E-state index contributed by atoms with van der Waals surface area (Å²) in [5.41, 5.74) is 0. The molecule has 1 aromatic rings. The molecule has 2 rings (SSSR count). The first-order valence-corrected chi connectivity index (χ1v) is 10.3. The van der Waals surface area contributed by atoms with Crippen molar-refractivity contribution in [3.63, 3.8) is 0 Å². The summed E-state index contributed by atoms with van der Waals surface area (Å²) in [6.07, 6.45) is 4.63. The van der Waals surface area contributed by atoms with Gasteiger partial charge in [0.2, 0.25) is 11.9 Å². The number of aromatic nitrogens is 3. The molecule has 8 heteroatoms. The summed E-state index contributed by atoms with van der Waals surface area (Å²) < 4.78 is 7.47. The lowest BCUT2D eigenvalue weighted by Gasteiger charge is -2.27. The molecule has 0 aromatic carbocycles. The van der Waals surface area contributed by atoms with E-state index in [1.807, 2.05) is 0 Å². The molecule has 0 bridgehead atoms. The highest BCUT2D eigenvalue weighted by Gasteiger charge is 2.20. The summed E-state index contributed by atoms with van der Waals surface area (Å²) in [7, 11) is 0. The van der Waals surface area contributed by atoms with E-state index in [4.69, 9.17) is 4.74 Å². The number of carbonyl (C=O) groups excluding carboxylic acids is 1. The third-order valence-corrected chi connectivity index (χ3v) is 5.25. The number of nitrogens with zero attached hydrogens (tertiary/aromatic N) is 4. The largest absolute Gasteiger partial charge is 0.378 e. The molecule has 1 atom stereocenters. The molecular formula is C17H31N5O2S. The Morgan fingerprint density at radius 3 is 2.72 bits per heavy atom. The van der Waals surface area contributed by atoms with Gasteiger partial charge in [-0.25, -0.2) is 0 Å². The number of amides is 1. The maximum atomic E-state index is 12.2. The average Bonchev–Trinajstić information content (AvgIpc) is 3.04. The van der Waals surface area contributed by atoms with Gasteiger partial charge in [0, 0.05) is 25.7 Å². The van der Waals surface area contributed by atoms with Crippen molar-refractivity contribution in [1.29, 1.82) is 0 Å². The number of rotatable bonds is 10. The van der Waals surface area contributed by atoms with Crippen LogP contribution in [-0.2, 0) is 16.1 Å². The van der Waals surface area contributed by atoms with Crippen molar-refractivity contribution in [2.24, 2.45) is 0 Å². The molecule has 1 N–H and O–H groups in total. The molecule has 25 heavy (non-hydrogen) atoms. The minimum absolute atomic E-state index is 0.0626. The molecule has 1 aliphatic rings. The van der Waals surface area contributed by atoms with E-state index >= 15 is 0 Å². The number of hydrogen-bond donors (Lipinski definition) is 1. The molecule has 2 heterocycles. The third kappa shape index (κ3) is 6.18. The Kier molecular flexibility index (Phi) is 8.54. The van der Waals surface area contributed by atoms with Gasteiger partial charge in [-0.3, -0.25) is 9.36 Å². The number of hydrogen-bond acceptors (Lipinski definition) is 6. The molecule has 7 nitrogen and oxygen atoms in total. The molecular weight excluding hydrogens is 338 g/mol. The highest BCUT2D eigenvalue weighted by Crippen LogP contribution is 2.22. The lowest BCUT2D eigenvalue weighted by molar-refractivity contribution is -0.119. The van der Waals surface area contributed by atoms with Crippen molar-refractivity contribution in [3.8, 4) is 0 Å². The molecule has 1 aliphatic heterocycles. The fourth-order valence-corrected chi connectivity index (χ4v) is 3.69. The Hall–Kier alpha value is -1.28. The highest BCUT2D eigenvalue weighted by atomic mass is 32.2. The molecule has 0 saturated carbocycles. The lowest BCUT2D eigenvalue weighted by atomic mass is 10.1. The Balaban J connectivity index is 1.83. The molecule has 1 saturated heterocycles. The monoisotopic (exact) mass is 369 g/mol. The lowest BCUT2D eigenvalue weighted by Crippen LogP contribution is -2.38. The summed E-state index contributed by atoms with van der Waals surface area (Å²) in [4.78, 5) is 14.3. The zero-order chi connectivity index (χ0) is 18.1. The topological polar surface area (TPSA) is 72.3 Å². The molecule has 1 amide bonds. The fraction of sp³-hybridized carbons (Fsp3) is 0.824. The number of carbonyl (C=O) groups is 1. The molecule has 142 valence electrons. The van der Waals surface area contributed by atoms with Gasteiger partial charge in [0.1, 0.15) is 0 Å². The standard InChI is InChI=1S/C17H31N5O2S/c1-4-6-7-8-14(3)18-15(23)13-25-17-20-19-16(22(17)5-2)21-9-11-24-12-10-21/h14H,4-13H2,1-3H3,(H,18,23). The molecule has 1 fully saturated rings. The second-order valence-electron chi connectivity index (χ2n) is 6.38. The normalized spacial score (nSPS) is 16.0. The molecule has 1 aromatic heterocycles. The highest BCUT2D eigenvalue weighted by molar-refractivity contribution is 7.99. The van der Waals surface area contributed by atoms with Crippen LogP contribution in [0.3, 0.4) is 0 Å². The van der Waals surface area contributed by atoms with Crippen molar-refractivity contribution in [3.05, 3.63) is 0 Å². The van der Waals surface area contributed by atoms with Crippen LogP contribution in [0.15, 0.2) is 5.16 Å². The van der Waals surface area contributed by atoms with E-state index in [0.717, 1.165) is 56.8 Å². The number of anilines is 1. The van der Waals surface area contributed by atoms with Crippen molar-refractivity contribution in [1.82, 2.24) is 20.1 Å². The number of unbranched alkanes of at least 4 members (excludes halogenated alkanes) is 2. The summed E-state index contributed by atoms with van der Waals surface area (Å²) >= 11 is 1.45. The Morgan fingerprint density at radius 2 is 2.04 bits per heavy atom. The molecule has 0 radical (unpaired) electrons. The van der Waals surface area contributed by atoms with E-state index in [-0.39, 0.29) is 11.9 Å². The number of nitrogens with one attached hydrogen (secondary N) is 1. The van der Waals surface area contributed by atoms with Crippen LogP contribution >= 0.6 is 11.8 Å². The minimum atomic E-state index is 0.0626. The van der Waals surface area contributed by atoms with Gasteiger partial charge in [-0.2, -0.15) is 0 Å². The number of morpholine rings is 1. The van der Waals surface area contributed by atoms with E-state index in [9.17, 15) is 4.79 Å². The van der Waals surface area contributed by atoms with Gasteiger partial charge in [-0.05, 0) is 20.3 Å². The van der Waals surface area contributed by atoms with Gasteiger partial charge in [0.15, 0.2) is 5.16 Å². The summed E-state index contributed by atoms with van der Waals surface area (Å²) in [5.74, 6) is 1.31. The minimum Gasteiger partial charge on any atom is -0.378 e. The summed E-state index contributed by atoms with van der Waals surface area (Å²) in [5, 5.41) is 12.5. The maximum Gasteiger partial charge on any atom is 0.230 e. The van der Waals surface area contributed by atoms with Gasteiger partial charge >= 0.3 is 0 Å². The fourth-order valence-electron chi connectivity index (χ4n) is 2.88. The van der Waals surface area contributed by atoms with Crippen molar-refractivity contribution < 1.29 is 9.53 Å². The second kappa shape index (κ2) is 10.7. The van der Waals surface area contributed by atoms with Crippen LogP contribution in [0, 0.1) is 0 Å². The van der Waals surface area contributed by atoms with Gasteiger partial charge in [0.05, 0.1) is 19.0 Å². The van der Waals surface area contributed by atoms with Crippen molar-refractivity contribution >= 4 is 23.6 Å². The van der Waals surface area contributed by atoms with Crippen LogP contribution in [0.4, 0.5) is 5.95 Å². The quantitative estimate of drug-likeness (QED) is 0.504. The first-order valence-electron chi connectivity index (χ1n) is 9.33. The van der Waals surface area contributed by atoms with Gasteiger partial charge in [0.25, 0.3) is 0 Å². The zero-order valence-electron chi connectivity index (χ0n) is 15.7. The SMILES string of the molecule is CCCCCC(C)NC(=O)CSc1nnc(N2CCOCC2)n1CC. The summed E-state index contributed by atoms with van der Waals surface area (Å²) in [6, 6.07) is 0.229. The average molecular weight is 370 g/mol. The van der Waals surface area contributed by atoms with Crippen LogP contribution in [-0.4, -0.2) is 58.8 Å². The third-order valence-electron chi connectivity index (χ3n) is 4.29. The zero-order valence-corrected chi connectivity index (χ0v) is 16.5. The van der Waals surface area contributed by atoms with Crippen molar-refractivity contribution in [2.75, 3.05) is 37.0 Å². The summed E-state index contributed by atoms with van der Waals surface area (Å²) in [6.45, 7) is 10.2. The Labute approximate surface area is 154 Å². The Morgan fingerprint density at radius 1 is 1.28 bits per heavy atom. The van der Waals surface area contributed by atoms with Crippen LogP contribution in [0.1, 0.15) is 46.5 Å². The second-order valence-corrected chi connectivity index (χ2v) is 7.32. The van der Waals surface area contributed by atoms with Crippen LogP contribution < -0.4 is 10.2 Å². The first kappa shape index (κ1) is 20.0. The molecule has 1 unspecified atom stereocenters. The Bertz CT molecular complexity index is 531. The van der Waals surface area contributed by atoms with E-state index in [2.05, 4.69) is 45.8 Å². The molecule has 0 spiro atoms. The predicted octanol–water partition coefficient (Wildman–Crippen LogP) is 2.31. The van der Waals surface area contributed by atoms with E-state index < -0.39 is 0 Å². The maximum absolute atomic E-state index is 12.2. The number of thioether (sulfide) groups is 1. The van der Waals surface area contributed by atoms with Gasteiger partial charge < -0.3 is 15.0 Å². The van der Waals surface area contributed by atoms with Crippen molar-refractivity contribution in [2.45, 2.75) is 64.2 Å². The molecule has 0 aliphatic carbocycles. The van der Waals surface area contributed by atoms with Crippen LogP contribution in [0.25, 0.3) is 0 Å². The van der Waals surface area contributed by atoms with Gasteiger partial charge in [-0.15, -0.1) is 10.2 Å². The van der Waals surface area contributed by atoms with E-state index in [0.29, 0.717) is 5.75 Å². The predicted molar refractivity (Wildman–Crippen MR) is 101 cm³/mol. The van der Waals surface area contributed by atoms with E-state index in [1.54, 1.807) is 0 Å². The van der Waals surface area contributed by atoms with Crippen LogP contribution in [0.2, 0.25) is 0 Å². The number of ether oxygens (including phenoxy) is 1. The van der Waals surface area contributed by atoms with Gasteiger partial charge in [-0.1, -0.05) is 37.9 Å². The first-order chi connectivity index (χ1) is 12.2.